The van der Waals surface area contributed by atoms with Gasteiger partial charge in [0.25, 0.3) is 0 Å². The van der Waals surface area contributed by atoms with Gasteiger partial charge in [-0.15, -0.1) is 0 Å². The van der Waals surface area contributed by atoms with Gasteiger partial charge in [0.2, 0.25) is 0 Å². The third kappa shape index (κ3) is 45.2. The maximum atomic E-state index is 12.8. The van der Waals surface area contributed by atoms with Gasteiger partial charge in [-0.3, -0.25) is 14.4 Å². The molecule has 0 fully saturated rings. The SMILES string of the molecule is CCCCCCCCC/C=C\CCCCCCCC(=O)OC[C@@H](COC(=O)CCCCCCCCCCCC)OC(=O)CCCCCCCCCCCCCCCC. The lowest BCUT2D eigenvalue weighted by molar-refractivity contribution is -0.167. The third-order valence-corrected chi connectivity index (χ3v) is 11.5. The quantitative estimate of drug-likeness (QED) is 0.0263. The number of esters is 3. The maximum Gasteiger partial charge on any atom is 0.306 e. The Balaban J connectivity index is 4.31. The molecule has 0 rings (SSSR count). The predicted octanol–water partition coefficient (Wildman–Crippen LogP) is 16.6. The van der Waals surface area contributed by atoms with Crippen molar-refractivity contribution >= 4 is 17.9 Å². The number of hydrogen-bond donors (Lipinski definition) is 0. The van der Waals surface area contributed by atoms with Crippen molar-refractivity contribution in [2.45, 2.75) is 290 Å². The van der Waals surface area contributed by atoms with Crippen LogP contribution in [0.2, 0.25) is 0 Å². The Kier molecular flexibility index (Phi) is 46.3. The van der Waals surface area contributed by atoms with Crippen molar-refractivity contribution in [3.05, 3.63) is 12.2 Å². The predicted molar refractivity (Wildman–Crippen MR) is 247 cm³/mol. The molecule has 0 N–H and O–H groups in total. The molecule has 0 aliphatic carbocycles. The van der Waals surface area contributed by atoms with Gasteiger partial charge in [0, 0.05) is 19.3 Å². The average molecular weight is 819 g/mol. The second kappa shape index (κ2) is 47.8. The summed E-state index contributed by atoms with van der Waals surface area (Å²) < 4.78 is 16.8. The molecule has 6 nitrogen and oxygen atoms in total. The van der Waals surface area contributed by atoms with Crippen LogP contribution in [0.3, 0.4) is 0 Å². The van der Waals surface area contributed by atoms with E-state index in [0.717, 1.165) is 64.2 Å². The molecule has 0 saturated heterocycles. The van der Waals surface area contributed by atoms with Gasteiger partial charge in [-0.2, -0.15) is 0 Å². The zero-order valence-corrected chi connectivity index (χ0v) is 39.1. The number of ether oxygens (including phenoxy) is 3. The Morgan fingerprint density at radius 1 is 0.328 bits per heavy atom. The smallest absolute Gasteiger partial charge is 0.306 e. The normalized spacial score (nSPS) is 12.0. The van der Waals surface area contributed by atoms with Crippen LogP contribution in [0.25, 0.3) is 0 Å². The lowest BCUT2D eigenvalue weighted by Crippen LogP contribution is -2.30. The first kappa shape index (κ1) is 56.1. The Hall–Kier alpha value is -1.85. The number of unbranched alkanes of at least 4 members (excludes halogenated alkanes) is 34. The summed E-state index contributed by atoms with van der Waals surface area (Å²) >= 11 is 0. The van der Waals surface area contributed by atoms with E-state index in [1.54, 1.807) is 0 Å². The topological polar surface area (TPSA) is 78.9 Å². The molecule has 0 aromatic carbocycles. The molecule has 0 heterocycles. The molecule has 6 heteroatoms. The second-order valence-corrected chi connectivity index (χ2v) is 17.4. The van der Waals surface area contributed by atoms with Gasteiger partial charge in [0.05, 0.1) is 0 Å². The van der Waals surface area contributed by atoms with E-state index in [1.165, 1.54) is 180 Å². The largest absolute Gasteiger partial charge is 0.462 e. The number of carbonyl (C=O) groups is 3. The van der Waals surface area contributed by atoms with Crippen LogP contribution in [0.5, 0.6) is 0 Å². The average Bonchev–Trinajstić information content (AvgIpc) is 3.22. The summed E-state index contributed by atoms with van der Waals surface area (Å²) in [5.74, 6) is -0.862. The van der Waals surface area contributed by atoms with E-state index in [0.29, 0.717) is 19.3 Å². The summed E-state index contributed by atoms with van der Waals surface area (Å²) in [7, 11) is 0. The van der Waals surface area contributed by atoms with Crippen LogP contribution in [-0.2, 0) is 28.6 Å². The molecule has 1 atom stereocenters. The van der Waals surface area contributed by atoms with Crippen molar-refractivity contribution < 1.29 is 28.6 Å². The highest BCUT2D eigenvalue weighted by atomic mass is 16.6. The molecular formula is C52H98O6. The van der Waals surface area contributed by atoms with Crippen LogP contribution < -0.4 is 0 Å². The first-order valence-electron chi connectivity index (χ1n) is 25.7. The molecular weight excluding hydrogens is 721 g/mol. The van der Waals surface area contributed by atoms with Gasteiger partial charge in [-0.25, -0.2) is 0 Å². The lowest BCUT2D eigenvalue weighted by Gasteiger charge is -2.18. The summed E-state index contributed by atoms with van der Waals surface area (Å²) in [6.45, 7) is 6.65. The van der Waals surface area contributed by atoms with Gasteiger partial charge in [-0.1, -0.05) is 232 Å². The van der Waals surface area contributed by atoms with Crippen LogP contribution in [0.1, 0.15) is 284 Å². The van der Waals surface area contributed by atoms with E-state index in [1.807, 2.05) is 0 Å². The summed E-state index contributed by atoms with van der Waals surface area (Å²) in [4.78, 5) is 37.9. The van der Waals surface area contributed by atoms with Crippen LogP contribution in [0.15, 0.2) is 12.2 Å². The van der Waals surface area contributed by atoms with E-state index >= 15 is 0 Å². The fraction of sp³-hybridized carbons (Fsp3) is 0.904. The Labute approximate surface area is 360 Å². The number of allylic oxidation sites excluding steroid dienone is 2. The van der Waals surface area contributed by atoms with Crippen LogP contribution >= 0.6 is 0 Å². The fourth-order valence-corrected chi connectivity index (χ4v) is 7.61. The van der Waals surface area contributed by atoms with Crippen LogP contribution in [0.4, 0.5) is 0 Å². The molecule has 0 amide bonds. The highest BCUT2D eigenvalue weighted by Gasteiger charge is 2.19. The molecule has 342 valence electrons. The van der Waals surface area contributed by atoms with Gasteiger partial charge < -0.3 is 14.2 Å². The molecule has 0 spiro atoms. The molecule has 0 aromatic rings. The highest BCUT2D eigenvalue weighted by Crippen LogP contribution is 2.16. The van der Waals surface area contributed by atoms with Gasteiger partial charge in [0.1, 0.15) is 13.2 Å². The summed E-state index contributed by atoms with van der Waals surface area (Å²) in [5, 5.41) is 0. The second-order valence-electron chi connectivity index (χ2n) is 17.4. The Morgan fingerprint density at radius 2 is 0.569 bits per heavy atom. The monoisotopic (exact) mass is 819 g/mol. The molecule has 0 aliphatic heterocycles. The summed E-state index contributed by atoms with van der Waals surface area (Å²) in [5.41, 5.74) is 0. The minimum absolute atomic E-state index is 0.0676. The Bertz CT molecular complexity index is 900. The van der Waals surface area contributed by atoms with Crippen molar-refractivity contribution in [3.8, 4) is 0 Å². The van der Waals surface area contributed by atoms with Gasteiger partial charge in [-0.05, 0) is 44.9 Å². The number of hydrogen-bond acceptors (Lipinski definition) is 6. The van der Waals surface area contributed by atoms with Crippen molar-refractivity contribution in [2.24, 2.45) is 0 Å². The molecule has 58 heavy (non-hydrogen) atoms. The molecule has 0 aliphatic rings. The lowest BCUT2D eigenvalue weighted by atomic mass is 10.0. The minimum Gasteiger partial charge on any atom is -0.462 e. The summed E-state index contributed by atoms with van der Waals surface area (Å²) in [6, 6.07) is 0. The zero-order valence-electron chi connectivity index (χ0n) is 39.1. The van der Waals surface area contributed by atoms with Crippen molar-refractivity contribution in [3.63, 3.8) is 0 Å². The zero-order chi connectivity index (χ0) is 42.3. The number of rotatable bonds is 47. The van der Waals surface area contributed by atoms with E-state index in [4.69, 9.17) is 14.2 Å². The van der Waals surface area contributed by atoms with E-state index in [2.05, 4.69) is 32.9 Å². The fourth-order valence-electron chi connectivity index (χ4n) is 7.61. The van der Waals surface area contributed by atoms with E-state index in [-0.39, 0.29) is 31.1 Å². The maximum absolute atomic E-state index is 12.8. The molecule has 0 bridgehead atoms. The Morgan fingerprint density at radius 3 is 0.862 bits per heavy atom. The molecule has 0 saturated carbocycles. The molecule has 0 aromatic heterocycles. The molecule has 0 radical (unpaired) electrons. The first-order chi connectivity index (χ1) is 28.5. The van der Waals surface area contributed by atoms with Crippen molar-refractivity contribution in [1.29, 1.82) is 0 Å². The molecule has 0 unspecified atom stereocenters. The minimum atomic E-state index is -0.765. The van der Waals surface area contributed by atoms with Gasteiger partial charge >= 0.3 is 17.9 Å². The standard InChI is InChI=1S/C52H98O6/c1-4-7-10-13-16-19-22-24-26-27-29-30-33-36-39-42-45-51(54)57-48-49(47-56-50(53)44-41-38-35-32-21-18-15-12-9-6-3)58-52(55)46-43-40-37-34-31-28-25-23-20-17-14-11-8-5-2/h26-27,49H,4-25,28-48H2,1-3H3/b27-26-/t49-/m1/s1. The third-order valence-electron chi connectivity index (χ3n) is 11.5. The number of carbonyl (C=O) groups excluding carboxylic acids is 3. The van der Waals surface area contributed by atoms with Crippen molar-refractivity contribution in [2.75, 3.05) is 13.2 Å². The summed E-state index contributed by atoms with van der Waals surface area (Å²) in [6.07, 6.45) is 51.9. The van der Waals surface area contributed by atoms with Crippen LogP contribution in [-0.4, -0.2) is 37.2 Å². The van der Waals surface area contributed by atoms with Crippen LogP contribution in [0, 0.1) is 0 Å². The first-order valence-corrected chi connectivity index (χ1v) is 25.7. The van der Waals surface area contributed by atoms with Gasteiger partial charge in [0.15, 0.2) is 6.10 Å². The van der Waals surface area contributed by atoms with E-state index < -0.39 is 6.10 Å². The highest BCUT2D eigenvalue weighted by molar-refractivity contribution is 5.71. The van der Waals surface area contributed by atoms with E-state index in [9.17, 15) is 14.4 Å². The van der Waals surface area contributed by atoms with Crippen molar-refractivity contribution in [1.82, 2.24) is 0 Å².